The molecule has 0 N–H and O–H groups in total. The zero-order chi connectivity index (χ0) is 32.8. The average molecular weight is 695 g/mol. The minimum absolute atomic E-state index is 0.662. The summed E-state index contributed by atoms with van der Waals surface area (Å²) in [6.07, 6.45) is 9.94. The van der Waals surface area contributed by atoms with E-state index in [9.17, 15) is 0 Å². The zero-order valence-electron chi connectivity index (χ0n) is 29.3. The Morgan fingerprint density at radius 2 is 0.913 bits per heavy atom. The maximum Gasteiger partial charge on any atom is 0.146 e. The summed E-state index contributed by atoms with van der Waals surface area (Å²) in [7, 11) is 0. The SMILES string of the molecule is Cc1ccc(-c2cc3c(OCCC(C)CCCC(C)C)c4sc(-c5ccc(C)s5)cc4c(OCCC(C)CCCC(C)C)c3s2)s1. The van der Waals surface area contributed by atoms with Crippen LogP contribution in [0.5, 0.6) is 11.5 Å². The van der Waals surface area contributed by atoms with Crippen LogP contribution in [0.25, 0.3) is 39.7 Å². The van der Waals surface area contributed by atoms with Gasteiger partial charge in [0.1, 0.15) is 11.5 Å². The molecule has 46 heavy (non-hydrogen) atoms. The van der Waals surface area contributed by atoms with Crippen molar-refractivity contribution in [1.29, 1.82) is 0 Å². The topological polar surface area (TPSA) is 18.5 Å². The number of hydrogen-bond acceptors (Lipinski definition) is 6. The maximum atomic E-state index is 6.87. The van der Waals surface area contributed by atoms with Gasteiger partial charge in [-0.3, -0.25) is 0 Å². The highest BCUT2D eigenvalue weighted by molar-refractivity contribution is 7.28. The third-order valence-corrected chi connectivity index (χ3v) is 13.7. The zero-order valence-corrected chi connectivity index (χ0v) is 32.6. The first-order chi connectivity index (χ1) is 22.1. The van der Waals surface area contributed by atoms with E-state index in [0.717, 1.165) is 49.4 Å². The van der Waals surface area contributed by atoms with E-state index in [1.807, 2.05) is 45.3 Å². The highest BCUT2D eigenvalue weighted by Crippen LogP contribution is 2.53. The van der Waals surface area contributed by atoms with Gasteiger partial charge < -0.3 is 9.47 Å². The molecule has 2 nitrogen and oxygen atoms in total. The summed E-state index contributed by atoms with van der Waals surface area (Å²) in [6, 6.07) is 13.7. The Morgan fingerprint density at radius 1 is 0.500 bits per heavy atom. The van der Waals surface area contributed by atoms with E-state index in [1.54, 1.807) is 0 Å². The van der Waals surface area contributed by atoms with Crippen LogP contribution in [0, 0.1) is 37.5 Å². The molecule has 4 aromatic heterocycles. The first kappa shape index (κ1) is 35.4. The van der Waals surface area contributed by atoms with Gasteiger partial charge in [0.05, 0.1) is 22.6 Å². The van der Waals surface area contributed by atoms with Crippen LogP contribution in [0.1, 0.15) is 103 Å². The monoisotopic (exact) mass is 694 g/mol. The first-order valence-corrected chi connectivity index (χ1v) is 20.8. The lowest BCUT2D eigenvalue weighted by atomic mass is 9.97. The molecule has 0 radical (unpaired) electrons. The number of thiophene rings is 4. The first-order valence-electron chi connectivity index (χ1n) is 17.5. The molecular weight excluding hydrogens is 641 g/mol. The van der Waals surface area contributed by atoms with Crippen LogP contribution >= 0.6 is 45.3 Å². The summed E-state index contributed by atoms with van der Waals surface area (Å²) < 4.78 is 16.2. The number of benzene rings is 1. The minimum Gasteiger partial charge on any atom is -0.491 e. The third kappa shape index (κ3) is 9.18. The second-order valence-corrected chi connectivity index (χ2v) is 19.0. The standard InChI is InChI=1S/C40H54O2S4/c1-25(2)11-9-13-27(5)19-21-41-37-31-23-35(33-17-15-29(7)43-33)46-40(31)38(42-22-20-28(6)14-10-12-26(3)4)32-24-36(45-39(32)37)34-18-16-30(8)44-34/h15-18,23-28H,9-14,19-22H2,1-8H3. The molecule has 0 bridgehead atoms. The van der Waals surface area contributed by atoms with Crippen molar-refractivity contribution in [3.63, 3.8) is 0 Å². The quantitative estimate of drug-likeness (QED) is 0.0909. The smallest absolute Gasteiger partial charge is 0.146 e. The largest absolute Gasteiger partial charge is 0.491 e. The Balaban J connectivity index is 1.50. The summed E-state index contributed by atoms with van der Waals surface area (Å²) in [5, 5.41) is 2.42. The van der Waals surface area contributed by atoms with Crippen LogP contribution in [-0.2, 0) is 0 Å². The molecule has 0 aliphatic rings. The van der Waals surface area contributed by atoms with Crippen LogP contribution in [0.3, 0.4) is 0 Å². The van der Waals surface area contributed by atoms with Crippen LogP contribution < -0.4 is 9.47 Å². The van der Waals surface area contributed by atoms with Crippen molar-refractivity contribution in [3.8, 4) is 31.0 Å². The Kier molecular flexibility index (Phi) is 12.7. The van der Waals surface area contributed by atoms with Crippen LogP contribution in [0.2, 0.25) is 0 Å². The lowest BCUT2D eigenvalue weighted by molar-refractivity contribution is 0.277. The van der Waals surface area contributed by atoms with E-state index in [-0.39, 0.29) is 0 Å². The second-order valence-electron chi connectivity index (χ2n) is 14.3. The van der Waals surface area contributed by atoms with Gasteiger partial charge in [0.2, 0.25) is 0 Å². The number of ether oxygens (including phenoxy) is 2. The predicted octanol–water partition coefficient (Wildman–Crippen LogP) is 14.7. The number of hydrogen-bond donors (Lipinski definition) is 0. The van der Waals surface area contributed by atoms with Crippen molar-refractivity contribution >= 4 is 65.5 Å². The maximum absolute atomic E-state index is 6.87. The van der Waals surface area contributed by atoms with Crippen molar-refractivity contribution in [3.05, 3.63) is 46.2 Å². The van der Waals surface area contributed by atoms with Gasteiger partial charge in [-0.05, 0) is 86.8 Å². The Morgan fingerprint density at radius 3 is 1.26 bits per heavy atom. The number of rotatable bonds is 18. The van der Waals surface area contributed by atoms with E-state index in [4.69, 9.17) is 9.47 Å². The Hall–Kier alpha value is -1.86. The summed E-state index contributed by atoms with van der Waals surface area (Å²) in [5.74, 6) is 4.98. The summed E-state index contributed by atoms with van der Waals surface area (Å²) >= 11 is 7.48. The molecule has 1 aromatic carbocycles. The summed E-state index contributed by atoms with van der Waals surface area (Å²) in [6.45, 7) is 20.0. The molecule has 250 valence electrons. The van der Waals surface area contributed by atoms with E-state index >= 15 is 0 Å². The molecule has 4 heterocycles. The molecule has 0 saturated carbocycles. The van der Waals surface area contributed by atoms with Crippen molar-refractivity contribution in [1.82, 2.24) is 0 Å². The molecule has 6 heteroatoms. The van der Waals surface area contributed by atoms with E-state index in [2.05, 4.69) is 91.8 Å². The molecule has 2 unspecified atom stereocenters. The predicted molar refractivity (Wildman–Crippen MR) is 209 cm³/mol. The molecule has 0 spiro atoms. The van der Waals surface area contributed by atoms with Crippen molar-refractivity contribution in [2.24, 2.45) is 23.7 Å². The van der Waals surface area contributed by atoms with Crippen LogP contribution in [0.4, 0.5) is 0 Å². The summed E-state index contributed by atoms with van der Waals surface area (Å²) in [5.41, 5.74) is 0. The van der Waals surface area contributed by atoms with Crippen molar-refractivity contribution in [2.45, 2.75) is 107 Å². The fourth-order valence-corrected chi connectivity index (χ4v) is 10.4. The third-order valence-electron chi connectivity index (χ3n) is 9.00. The lowest BCUT2D eigenvalue weighted by Gasteiger charge is -2.17. The van der Waals surface area contributed by atoms with Gasteiger partial charge in [-0.2, -0.15) is 0 Å². The lowest BCUT2D eigenvalue weighted by Crippen LogP contribution is -2.06. The van der Waals surface area contributed by atoms with Gasteiger partial charge in [-0.1, -0.05) is 80.1 Å². The van der Waals surface area contributed by atoms with Crippen molar-refractivity contribution in [2.75, 3.05) is 13.2 Å². The fourth-order valence-electron chi connectivity index (χ4n) is 6.13. The van der Waals surface area contributed by atoms with Gasteiger partial charge in [0, 0.05) is 40.0 Å². The molecular formula is C40H54O2S4. The number of fused-ring (bicyclic) bond motifs is 2. The highest BCUT2D eigenvalue weighted by Gasteiger charge is 2.24. The molecule has 0 aliphatic heterocycles. The average Bonchev–Trinajstić information content (AvgIpc) is 3.80. The second kappa shape index (κ2) is 16.5. The summed E-state index contributed by atoms with van der Waals surface area (Å²) in [4.78, 5) is 7.94. The Bertz CT molecular complexity index is 1500. The normalized spacial score (nSPS) is 13.4. The van der Waals surface area contributed by atoms with E-state index in [1.165, 1.54) is 88.0 Å². The van der Waals surface area contributed by atoms with Crippen LogP contribution in [0.15, 0.2) is 36.4 Å². The molecule has 2 atom stereocenters. The molecule has 5 aromatic rings. The van der Waals surface area contributed by atoms with E-state index in [0.29, 0.717) is 11.8 Å². The minimum atomic E-state index is 0.662. The van der Waals surface area contributed by atoms with Gasteiger partial charge in [0.15, 0.2) is 0 Å². The van der Waals surface area contributed by atoms with Gasteiger partial charge in [-0.15, -0.1) is 45.3 Å². The molecule has 0 amide bonds. The van der Waals surface area contributed by atoms with Crippen molar-refractivity contribution < 1.29 is 9.47 Å². The highest BCUT2D eigenvalue weighted by atomic mass is 32.1. The van der Waals surface area contributed by atoms with Gasteiger partial charge >= 0.3 is 0 Å². The molecule has 0 saturated heterocycles. The fraction of sp³-hybridized carbons (Fsp3) is 0.550. The van der Waals surface area contributed by atoms with Gasteiger partial charge in [-0.25, -0.2) is 0 Å². The molecule has 0 fully saturated rings. The van der Waals surface area contributed by atoms with Crippen LogP contribution in [-0.4, -0.2) is 13.2 Å². The number of aryl methyl sites for hydroxylation is 2. The Labute approximate surface area is 294 Å². The van der Waals surface area contributed by atoms with Gasteiger partial charge in [0.25, 0.3) is 0 Å². The molecule has 5 rings (SSSR count). The van der Waals surface area contributed by atoms with E-state index < -0.39 is 0 Å². The molecule has 0 aliphatic carbocycles.